The van der Waals surface area contributed by atoms with Gasteiger partial charge in [0.05, 0.1) is 12.1 Å². The number of nitrogens with one attached hydrogen (secondary N) is 1. The van der Waals surface area contributed by atoms with Crippen molar-refractivity contribution in [1.82, 2.24) is 10.2 Å². The number of carbonyl (C=O) groups is 2. The summed E-state index contributed by atoms with van der Waals surface area (Å²) in [5.41, 5.74) is 1.26. The summed E-state index contributed by atoms with van der Waals surface area (Å²) in [6.45, 7) is 5.05. The first-order valence-electron chi connectivity index (χ1n) is 7.26. The number of likely N-dealkylation sites (N-methyl/N-ethyl adjacent to an activating group) is 1. The third-order valence-electron chi connectivity index (χ3n) is 3.42. The highest BCUT2D eigenvalue weighted by Crippen LogP contribution is 2.07. The van der Waals surface area contributed by atoms with Crippen molar-refractivity contribution in [2.45, 2.75) is 39.3 Å². The largest absolute Gasteiger partial charge is 0.478 e. The third kappa shape index (κ3) is 5.95. The quantitative estimate of drug-likeness (QED) is 0.770. The predicted octanol–water partition coefficient (Wildman–Crippen LogP) is 2.12. The van der Waals surface area contributed by atoms with Gasteiger partial charge >= 0.3 is 5.97 Å². The highest BCUT2D eigenvalue weighted by Gasteiger charge is 2.11. The van der Waals surface area contributed by atoms with Crippen LogP contribution in [0.4, 0.5) is 0 Å². The van der Waals surface area contributed by atoms with Gasteiger partial charge in [0.1, 0.15) is 0 Å². The van der Waals surface area contributed by atoms with E-state index in [0.29, 0.717) is 13.1 Å². The topological polar surface area (TPSA) is 69.6 Å². The van der Waals surface area contributed by atoms with Gasteiger partial charge in [-0.15, -0.1) is 0 Å². The first-order chi connectivity index (χ1) is 9.96. The monoisotopic (exact) mass is 292 g/mol. The molecule has 21 heavy (non-hydrogen) atoms. The van der Waals surface area contributed by atoms with E-state index in [0.717, 1.165) is 18.4 Å². The summed E-state index contributed by atoms with van der Waals surface area (Å²) < 4.78 is 0. The zero-order chi connectivity index (χ0) is 15.8. The van der Waals surface area contributed by atoms with Gasteiger partial charge in [-0.2, -0.15) is 0 Å². The number of aromatic carboxylic acids is 1. The van der Waals surface area contributed by atoms with Crippen LogP contribution >= 0.6 is 0 Å². The van der Waals surface area contributed by atoms with Gasteiger partial charge in [0.15, 0.2) is 0 Å². The standard InChI is InChI=1S/C16H24N2O3/c1-4-14(5-2)17-15(19)11-18(3)10-12-6-8-13(9-7-12)16(20)21/h6-9,14H,4-5,10-11H2,1-3H3,(H,17,19)(H,20,21). The molecule has 0 unspecified atom stereocenters. The minimum absolute atomic E-state index is 0.0216. The minimum atomic E-state index is -0.931. The van der Waals surface area contributed by atoms with E-state index in [2.05, 4.69) is 19.2 Å². The number of carboxylic acids is 1. The number of hydrogen-bond donors (Lipinski definition) is 2. The molecular formula is C16H24N2O3. The normalized spacial score (nSPS) is 10.9. The first kappa shape index (κ1) is 17.2. The Balaban J connectivity index is 2.47. The predicted molar refractivity (Wildman–Crippen MR) is 82.2 cm³/mol. The fourth-order valence-corrected chi connectivity index (χ4v) is 2.13. The van der Waals surface area contributed by atoms with Gasteiger partial charge in [0.2, 0.25) is 5.91 Å². The SMILES string of the molecule is CCC(CC)NC(=O)CN(C)Cc1ccc(C(=O)O)cc1. The number of amides is 1. The molecule has 1 aromatic carbocycles. The molecule has 0 aromatic heterocycles. The van der Waals surface area contributed by atoms with Crippen LogP contribution in [0.5, 0.6) is 0 Å². The highest BCUT2D eigenvalue weighted by molar-refractivity contribution is 5.87. The molecule has 0 aliphatic heterocycles. The van der Waals surface area contributed by atoms with Gasteiger partial charge < -0.3 is 10.4 Å². The van der Waals surface area contributed by atoms with Crippen molar-refractivity contribution < 1.29 is 14.7 Å². The van der Waals surface area contributed by atoms with Gasteiger partial charge in [-0.3, -0.25) is 9.69 Å². The number of hydrogen-bond acceptors (Lipinski definition) is 3. The molecule has 116 valence electrons. The molecule has 0 spiro atoms. The summed E-state index contributed by atoms with van der Waals surface area (Å²) in [5, 5.41) is 11.8. The maximum Gasteiger partial charge on any atom is 0.335 e. The van der Waals surface area contributed by atoms with Gasteiger partial charge in [-0.25, -0.2) is 4.79 Å². The fraction of sp³-hybridized carbons (Fsp3) is 0.500. The second-order valence-corrected chi connectivity index (χ2v) is 5.26. The van der Waals surface area contributed by atoms with Gasteiger partial charge in [-0.1, -0.05) is 26.0 Å². The minimum Gasteiger partial charge on any atom is -0.478 e. The van der Waals surface area contributed by atoms with Crippen molar-refractivity contribution in [2.24, 2.45) is 0 Å². The number of nitrogens with zero attached hydrogens (tertiary/aromatic N) is 1. The number of benzene rings is 1. The molecule has 1 aromatic rings. The van der Waals surface area contributed by atoms with Crippen molar-refractivity contribution in [3.8, 4) is 0 Å². The Kier molecular flexibility index (Phi) is 6.88. The van der Waals surface area contributed by atoms with E-state index in [4.69, 9.17) is 5.11 Å². The first-order valence-corrected chi connectivity index (χ1v) is 7.26. The van der Waals surface area contributed by atoms with Crippen molar-refractivity contribution in [3.05, 3.63) is 35.4 Å². The summed E-state index contributed by atoms with van der Waals surface area (Å²) in [6.07, 6.45) is 1.87. The summed E-state index contributed by atoms with van der Waals surface area (Å²) in [7, 11) is 1.87. The lowest BCUT2D eigenvalue weighted by molar-refractivity contribution is -0.122. The van der Waals surface area contributed by atoms with Crippen LogP contribution in [0, 0.1) is 0 Å². The van der Waals surface area contributed by atoms with Crippen LogP contribution in [0.25, 0.3) is 0 Å². The Morgan fingerprint density at radius 1 is 1.19 bits per heavy atom. The molecule has 0 saturated heterocycles. The maximum absolute atomic E-state index is 11.9. The van der Waals surface area contributed by atoms with E-state index >= 15 is 0 Å². The van der Waals surface area contributed by atoms with Crippen molar-refractivity contribution in [3.63, 3.8) is 0 Å². The number of carboxylic acid groups (broad SMARTS) is 1. The molecule has 0 aliphatic carbocycles. The molecule has 5 nitrogen and oxygen atoms in total. The van der Waals surface area contributed by atoms with Crippen molar-refractivity contribution in [2.75, 3.05) is 13.6 Å². The average molecular weight is 292 g/mol. The zero-order valence-corrected chi connectivity index (χ0v) is 12.9. The molecule has 0 radical (unpaired) electrons. The van der Waals surface area contributed by atoms with Crippen LogP contribution in [0.2, 0.25) is 0 Å². The van der Waals surface area contributed by atoms with Crippen molar-refractivity contribution >= 4 is 11.9 Å². The molecule has 2 N–H and O–H groups in total. The van der Waals surface area contributed by atoms with Gasteiger partial charge in [-0.05, 0) is 37.6 Å². The fourth-order valence-electron chi connectivity index (χ4n) is 2.13. The lowest BCUT2D eigenvalue weighted by Gasteiger charge is -2.19. The van der Waals surface area contributed by atoms with E-state index in [1.54, 1.807) is 24.3 Å². The van der Waals surface area contributed by atoms with Crippen LogP contribution < -0.4 is 5.32 Å². The van der Waals surface area contributed by atoms with Crippen LogP contribution in [-0.2, 0) is 11.3 Å². The molecule has 0 aliphatic rings. The Hall–Kier alpha value is -1.88. The second kappa shape index (κ2) is 8.42. The lowest BCUT2D eigenvalue weighted by Crippen LogP contribution is -2.40. The van der Waals surface area contributed by atoms with E-state index < -0.39 is 5.97 Å². The van der Waals surface area contributed by atoms with Crippen LogP contribution in [0.1, 0.15) is 42.6 Å². The van der Waals surface area contributed by atoms with Crippen LogP contribution in [0.15, 0.2) is 24.3 Å². The molecular weight excluding hydrogens is 268 g/mol. The Bertz CT molecular complexity index is 467. The number of rotatable bonds is 8. The highest BCUT2D eigenvalue weighted by atomic mass is 16.4. The molecule has 0 fully saturated rings. The molecule has 0 saturated carbocycles. The van der Waals surface area contributed by atoms with E-state index in [1.165, 1.54) is 0 Å². The molecule has 5 heteroatoms. The van der Waals surface area contributed by atoms with Crippen molar-refractivity contribution in [1.29, 1.82) is 0 Å². The summed E-state index contributed by atoms with van der Waals surface area (Å²) in [6, 6.07) is 6.95. The summed E-state index contributed by atoms with van der Waals surface area (Å²) in [5.74, 6) is -0.909. The molecule has 0 atom stereocenters. The number of carbonyl (C=O) groups excluding carboxylic acids is 1. The van der Waals surface area contributed by atoms with E-state index in [9.17, 15) is 9.59 Å². The third-order valence-corrected chi connectivity index (χ3v) is 3.42. The zero-order valence-electron chi connectivity index (χ0n) is 12.9. The lowest BCUT2D eigenvalue weighted by atomic mass is 10.1. The smallest absolute Gasteiger partial charge is 0.335 e. The van der Waals surface area contributed by atoms with E-state index in [-0.39, 0.29) is 17.5 Å². The molecule has 0 heterocycles. The Morgan fingerprint density at radius 3 is 2.24 bits per heavy atom. The molecule has 1 rings (SSSR count). The average Bonchev–Trinajstić information content (AvgIpc) is 2.45. The second-order valence-electron chi connectivity index (χ2n) is 5.26. The van der Waals surface area contributed by atoms with Gasteiger partial charge in [0.25, 0.3) is 0 Å². The Labute approximate surface area is 126 Å². The summed E-state index contributed by atoms with van der Waals surface area (Å²) in [4.78, 5) is 24.6. The Morgan fingerprint density at radius 2 is 1.76 bits per heavy atom. The van der Waals surface area contributed by atoms with Crippen LogP contribution in [-0.4, -0.2) is 41.5 Å². The van der Waals surface area contributed by atoms with Gasteiger partial charge in [0, 0.05) is 12.6 Å². The summed E-state index contributed by atoms with van der Waals surface area (Å²) >= 11 is 0. The van der Waals surface area contributed by atoms with E-state index in [1.807, 2.05) is 11.9 Å². The maximum atomic E-state index is 11.9. The van der Waals surface area contributed by atoms with Crippen LogP contribution in [0.3, 0.4) is 0 Å². The molecule has 1 amide bonds. The molecule has 0 bridgehead atoms.